The van der Waals surface area contributed by atoms with E-state index in [1.165, 1.54) is 19.3 Å². The molecule has 4 heteroatoms. The van der Waals surface area contributed by atoms with Gasteiger partial charge in [0.25, 0.3) is 5.91 Å². The van der Waals surface area contributed by atoms with Gasteiger partial charge in [-0.2, -0.15) is 0 Å². The zero-order valence-corrected chi connectivity index (χ0v) is 12.1. The zero-order valence-electron chi connectivity index (χ0n) is 11.4. The molecule has 1 atom stereocenters. The summed E-state index contributed by atoms with van der Waals surface area (Å²) in [4.78, 5) is 14.4. The number of amides is 1. The Bertz CT molecular complexity index is 413. The van der Waals surface area contributed by atoms with Crippen molar-refractivity contribution in [1.29, 1.82) is 0 Å². The molecule has 3 nitrogen and oxygen atoms in total. The van der Waals surface area contributed by atoms with Crippen molar-refractivity contribution >= 4 is 17.5 Å². The third-order valence-corrected chi connectivity index (χ3v) is 3.93. The van der Waals surface area contributed by atoms with Crippen LogP contribution in [0.25, 0.3) is 0 Å². The number of rotatable bonds is 4. The van der Waals surface area contributed by atoms with Gasteiger partial charge in [-0.1, -0.05) is 18.0 Å². The molecule has 1 aromatic rings. The number of halogens is 1. The van der Waals surface area contributed by atoms with Crippen LogP contribution in [0.4, 0.5) is 0 Å². The van der Waals surface area contributed by atoms with Crippen LogP contribution in [0, 0.1) is 0 Å². The number of likely N-dealkylation sites (tertiary alicyclic amines) is 1. The first-order valence-electron chi connectivity index (χ1n) is 6.94. The van der Waals surface area contributed by atoms with Gasteiger partial charge in [0.2, 0.25) is 0 Å². The summed E-state index contributed by atoms with van der Waals surface area (Å²) in [6.45, 7) is 5.17. The number of hydrogen-bond acceptors (Lipinski definition) is 2. The van der Waals surface area contributed by atoms with Gasteiger partial charge in [0.05, 0.1) is 0 Å². The Morgan fingerprint density at radius 2 is 1.89 bits per heavy atom. The van der Waals surface area contributed by atoms with E-state index in [1.807, 2.05) is 0 Å². The van der Waals surface area contributed by atoms with E-state index >= 15 is 0 Å². The van der Waals surface area contributed by atoms with Crippen molar-refractivity contribution < 1.29 is 4.79 Å². The van der Waals surface area contributed by atoms with Crippen LogP contribution >= 0.6 is 11.6 Å². The molecule has 1 aliphatic rings. The molecule has 1 saturated heterocycles. The Hall–Kier alpha value is -1.06. The number of piperidine rings is 1. The molecule has 0 bridgehead atoms. The summed E-state index contributed by atoms with van der Waals surface area (Å²) in [5, 5.41) is 3.64. The number of nitrogens with one attached hydrogen (secondary N) is 1. The largest absolute Gasteiger partial charge is 0.350 e. The fourth-order valence-electron chi connectivity index (χ4n) is 2.43. The van der Waals surface area contributed by atoms with Gasteiger partial charge >= 0.3 is 0 Å². The smallest absolute Gasteiger partial charge is 0.251 e. The molecular weight excluding hydrogens is 260 g/mol. The van der Waals surface area contributed by atoms with E-state index in [-0.39, 0.29) is 5.91 Å². The predicted molar refractivity (Wildman–Crippen MR) is 78.7 cm³/mol. The maximum absolute atomic E-state index is 12.0. The number of hydrogen-bond donors (Lipinski definition) is 1. The van der Waals surface area contributed by atoms with Crippen molar-refractivity contribution in [3.8, 4) is 0 Å². The van der Waals surface area contributed by atoms with Crippen molar-refractivity contribution in [1.82, 2.24) is 10.2 Å². The number of benzene rings is 1. The topological polar surface area (TPSA) is 32.3 Å². The van der Waals surface area contributed by atoms with Crippen LogP contribution in [-0.2, 0) is 0 Å². The van der Waals surface area contributed by atoms with Crippen LogP contribution in [0.2, 0.25) is 5.02 Å². The second-order valence-electron chi connectivity index (χ2n) is 5.16. The lowest BCUT2D eigenvalue weighted by molar-refractivity contribution is 0.0930. The summed E-state index contributed by atoms with van der Waals surface area (Å²) < 4.78 is 0. The summed E-state index contributed by atoms with van der Waals surface area (Å²) in [7, 11) is 0. The minimum Gasteiger partial charge on any atom is -0.350 e. The van der Waals surface area contributed by atoms with Crippen LogP contribution in [-0.4, -0.2) is 36.5 Å². The highest BCUT2D eigenvalue weighted by molar-refractivity contribution is 6.30. The molecule has 1 heterocycles. The van der Waals surface area contributed by atoms with Gasteiger partial charge < -0.3 is 5.32 Å². The van der Waals surface area contributed by atoms with Crippen molar-refractivity contribution in [2.24, 2.45) is 0 Å². The average molecular weight is 281 g/mol. The monoisotopic (exact) mass is 280 g/mol. The number of carbonyl (C=O) groups is 1. The van der Waals surface area contributed by atoms with Crippen molar-refractivity contribution in [3.05, 3.63) is 34.9 Å². The summed E-state index contributed by atoms with van der Waals surface area (Å²) in [5.41, 5.74) is 0.662. The van der Waals surface area contributed by atoms with E-state index in [9.17, 15) is 4.79 Å². The fraction of sp³-hybridized carbons (Fsp3) is 0.533. The minimum absolute atomic E-state index is 0.0273. The SMILES string of the molecule is CC(CNC(=O)c1ccc(Cl)cc1)N1CCCCC1. The molecule has 0 aromatic heterocycles. The Balaban J connectivity index is 1.81. The first-order valence-corrected chi connectivity index (χ1v) is 7.32. The Kier molecular flexibility index (Phi) is 5.23. The third kappa shape index (κ3) is 4.22. The van der Waals surface area contributed by atoms with Gasteiger partial charge in [0.15, 0.2) is 0 Å². The van der Waals surface area contributed by atoms with E-state index in [1.54, 1.807) is 24.3 Å². The molecule has 0 spiro atoms. The first kappa shape index (κ1) is 14.4. The van der Waals surface area contributed by atoms with E-state index in [0.717, 1.165) is 13.1 Å². The van der Waals surface area contributed by atoms with Crippen LogP contribution in [0.3, 0.4) is 0 Å². The van der Waals surface area contributed by atoms with E-state index in [0.29, 0.717) is 23.2 Å². The molecule has 1 unspecified atom stereocenters. The summed E-state index contributed by atoms with van der Waals surface area (Å²) in [5.74, 6) is -0.0273. The van der Waals surface area contributed by atoms with Gasteiger partial charge in [0.1, 0.15) is 0 Å². The molecular formula is C15H21ClN2O. The molecule has 2 rings (SSSR count). The summed E-state index contributed by atoms with van der Waals surface area (Å²) >= 11 is 5.81. The summed E-state index contributed by atoms with van der Waals surface area (Å²) in [6.07, 6.45) is 3.88. The van der Waals surface area contributed by atoms with Gasteiger partial charge in [-0.25, -0.2) is 0 Å². The minimum atomic E-state index is -0.0273. The van der Waals surface area contributed by atoms with E-state index < -0.39 is 0 Å². The molecule has 1 N–H and O–H groups in total. The quantitative estimate of drug-likeness (QED) is 0.920. The molecule has 1 aromatic carbocycles. The lowest BCUT2D eigenvalue weighted by Crippen LogP contribution is -2.44. The van der Waals surface area contributed by atoms with Crippen molar-refractivity contribution in [3.63, 3.8) is 0 Å². The second-order valence-corrected chi connectivity index (χ2v) is 5.60. The van der Waals surface area contributed by atoms with Gasteiger partial charge in [0, 0.05) is 23.2 Å². The molecule has 0 aliphatic carbocycles. The van der Waals surface area contributed by atoms with Crippen LogP contribution < -0.4 is 5.32 Å². The zero-order chi connectivity index (χ0) is 13.7. The Morgan fingerprint density at radius 1 is 1.26 bits per heavy atom. The molecule has 104 valence electrons. The molecule has 1 fully saturated rings. The van der Waals surface area contributed by atoms with Gasteiger partial charge in [-0.3, -0.25) is 9.69 Å². The van der Waals surface area contributed by atoms with Gasteiger partial charge in [-0.15, -0.1) is 0 Å². The fourth-order valence-corrected chi connectivity index (χ4v) is 2.56. The molecule has 0 saturated carbocycles. The highest BCUT2D eigenvalue weighted by atomic mass is 35.5. The average Bonchev–Trinajstić information content (AvgIpc) is 2.46. The number of carbonyl (C=O) groups excluding carboxylic acids is 1. The lowest BCUT2D eigenvalue weighted by atomic mass is 10.1. The van der Waals surface area contributed by atoms with Crippen LogP contribution in [0.5, 0.6) is 0 Å². The summed E-state index contributed by atoms with van der Waals surface area (Å²) in [6, 6.07) is 7.39. The van der Waals surface area contributed by atoms with Crippen molar-refractivity contribution in [2.45, 2.75) is 32.2 Å². The van der Waals surface area contributed by atoms with Crippen LogP contribution in [0.1, 0.15) is 36.5 Å². The normalized spacial score (nSPS) is 18.0. The Labute approximate surface area is 119 Å². The second kappa shape index (κ2) is 6.92. The van der Waals surface area contributed by atoms with Crippen molar-refractivity contribution in [2.75, 3.05) is 19.6 Å². The lowest BCUT2D eigenvalue weighted by Gasteiger charge is -2.32. The van der Waals surface area contributed by atoms with Crippen LogP contribution in [0.15, 0.2) is 24.3 Å². The van der Waals surface area contributed by atoms with E-state index in [4.69, 9.17) is 11.6 Å². The maximum atomic E-state index is 12.0. The highest BCUT2D eigenvalue weighted by Crippen LogP contribution is 2.12. The highest BCUT2D eigenvalue weighted by Gasteiger charge is 2.17. The van der Waals surface area contributed by atoms with Gasteiger partial charge in [-0.05, 0) is 57.1 Å². The Morgan fingerprint density at radius 3 is 2.53 bits per heavy atom. The maximum Gasteiger partial charge on any atom is 0.251 e. The molecule has 19 heavy (non-hydrogen) atoms. The third-order valence-electron chi connectivity index (χ3n) is 3.68. The van der Waals surface area contributed by atoms with E-state index in [2.05, 4.69) is 17.1 Å². The number of nitrogens with zero attached hydrogens (tertiary/aromatic N) is 1. The molecule has 1 amide bonds. The molecule has 1 aliphatic heterocycles. The standard InChI is InChI=1S/C15H21ClN2O/c1-12(18-9-3-2-4-10-18)11-17-15(19)13-5-7-14(16)8-6-13/h5-8,12H,2-4,9-11H2,1H3,(H,17,19). The first-order chi connectivity index (χ1) is 9.16. The molecule has 0 radical (unpaired) electrons. The predicted octanol–water partition coefficient (Wildman–Crippen LogP) is 2.94.